The van der Waals surface area contributed by atoms with Crippen molar-refractivity contribution < 1.29 is 9.90 Å². The highest BCUT2D eigenvalue weighted by Gasteiger charge is 2.37. The summed E-state index contributed by atoms with van der Waals surface area (Å²) >= 11 is 0. The van der Waals surface area contributed by atoms with E-state index in [1.807, 2.05) is 0 Å². The normalized spacial score (nSPS) is 17.6. The maximum absolute atomic E-state index is 11.9. The highest BCUT2D eigenvalue weighted by atomic mass is 16.3. The molecule has 1 aliphatic carbocycles. The Kier molecular flexibility index (Phi) is 2.83. The lowest BCUT2D eigenvalue weighted by Crippen LogP contribution is -2.58. The second-order valence-corrected chi connectivity index (χ2v) is 4.34. The Labute approximate surface area is 94.5 Å². The van der Waals surface area contributed by atoms with Crippen molar-refractivity contribution >= 4 is 5.91 Å². The van der Waals surface area contributed by atoms with Crippen LogP contribution in [0.1, 0.15) is 29.6 Å². The van der Waals surface area contributed by atoms with Crippen LogP contribution in [0.15, 0.2) is 24.3 Å². The highest BCUT2D eigenvalue weighted by molar-refractivity contribution is 5.95. The third-order valence-corrected chi connectivity index (χ3v) is 3.19. The molecule has 4 N–H and O–H groups in total. The SMILES string of the molecule is NCC1(NC(=O)c2cccc(O)c2)CCC1. The number of hydrogen-bond donors (Lipinski definition) is 3. The summed E-state index contributed by atoms with van der Waals surface area (Å²) in [6.07, 6.45) is 2.99. The number of carbonyl (C=O) groups is 1. The van der Waals surface area contributed by atoms with Gasteiger partial charge < -0.3 is 16.2 Å². The van der Waals surface area contributed by atoms with E-state index in [4.69, 9.17) is 5.73 Å². The fraction of sp³-hybridized carbons (Fsp3) is 0.417. The van der Waals surface area contributed by atoms with Gasteiger partial charge in [-0.2, -0.15) is 0 Å². The molecule has 0 bridgehead atoms. The highest BCUT2D eigenvalue weighted by Crippen LogP contribution is 2.31. The van der Waals surface area contributed by atoms with E-state index in [1.165, 1.54) is 6.07 Å². The number of phenolic OH excluding ortho intramolecular Hbond substituents is 1. The number of aromatic hydroxyl groups is 1. The van der Waals surface area contributed by atoms with E-state index >= 15 is 0 Å². The lowest BCUT2D eigenvalue weighted by molar-refractivity contribution is 0.0837. The van der Waals surface area contributed by atoms with Gasteiger partial charge in [0, 0.05) is 12.1 Å². The molecule has 86 valence electrons. The topological polar surface area (TPSA) is 75.3 Å². The van der Waals surface area contributed by atoms with Crippen molar-refractivity contribution in [2.45, 2.75) is 24.8 Å². The van der Waals surface area contributed by atoms with Gasteiger partial charge >= 0.3 is 0 Å². The molecule has 1 aromatic carbocycles. The first-order chi connectivity index (χ1) is 7.65. The summed E-state index contributed by atoms with van der Waals surface area (Å²) in [7, 11) is 0. The van der Waals surface area contributed by atoms with Crippen molar-refractivity contribution in [1.82, 2.24) is 5.32 Å². The zero-order chi connectivity index (χ0) is 11.6. The Balaban J connectivity index is 2.08. The molecule has 0 atom stereocenters. The molecule has 1 amide bonds. The molecule has 4 nitrogen and oxygen atoms in total. The molecule has 16 heavy (non-hydrogen) atoms. The smallest absolute Gasteiger partial charge is 0.251 e. The van der Waals surface area contributed by atoms with Crippen LogP contribution in [-0.4, -0.2) is 23.1 Å². The lowest BCUT2D eigenvalue weighted by Gasteiger charge is -2.41. The standard InChI is InChI=1S/C12H16N2O2/c13-8-12(5-2-6-12)14-11(16)9-3-1-4-10(15)7-9/h1,3-4,7,15H,2,5-6,8,13H2,(H,14,16). The van der Waals surface area contributed by atoms with Crippen LogP contribution in [0.25, 0.3) is 0 Å². The number of nitrogens with one attached hydrogen (secondary N) is 1. The van der Waals surface area contributed by atoms with Crippen LogP contribution in [0.3, 0.4) is 0 Å². The minimum Gasteiger partial charge on any atom is -0.508 e. The van der Waals surface area contributed by atoms with Crippen molar-refractivity contribution in [3.05, 3.63) is 29.8 Å². The Hall–Kier alpha value is -1.55. The van der Waals surface area contributed by atoms with Gasteiger partial charge in [0.25, 0.3) is 5.91 Å². The number of carbonyl (C=O) groups excluding carboxylic acids is 1. The van der Waals surface area contributed by atoms with Crippen molar-refractivity contribution in [1.29, 1.82) is 0 Å². The maximum Gasteiger partial charge on any atom is 0.251 e. The van der Waals surface area contributed by atoms with Gasteiger partial charge in [-0.15, -0.1) is 0 Å². The van der Waals surface area contributed by atoms with E-state index in [2.05, 4.69) is 5.32 Å². The number of phenols is 1. The maximum atomic E-state index is 11.9. The van der Waals surface area contributed by atoms with Crippen molar-refractivity contribution in [3.8, 4) is 5.75 Å². The van der Waals surface area contributed by atoms with E-state index in [1.54, 1.807) is 18.2 Å². The number of amides is 1. The van der Waals surface area contributed by atoms with Gasteiger partial charge in [-0.1, -0.05) is 6.07 Å². The molecule has 1 fully saturated rings. The van der Waals surface area contributed by atoms with Crippen molar-refractivity contribution in [3.63, 3.8) is 0 Å². The first-order valence-electron chi connectivity index (χ1n) is 5.47. The van der Waals surface area contributed by atoms with Gasteiger partial charge in [0.05, 0.1) is 5.54 Å². The van der Waals surface area contributed by atoms with E-state index in [-0.39, 0.29) is 17.2 Å². The first kappa shape index (κ1) is 11.0. The molecule has 0 aliphatic heterocycles. The van der Waals surface area contributed by atoms with Crippen LogP contribution in [0.4, 0.5) is 0 Å². The van der Waals surface area contributed by atoms with Gasteiger partial charge in [-0.25, -0.2) is 0 Å². The molecule has 0 saturated heterocycles. The summed E-state index contributed by atoms with van der Waals surface area (Å²) in [4.78, 5) is 11.9. The van der Waals surface area contributed by atoms with Crippen LogP contribution in [0, 0.1) is 0 Å². The molecule has 1 aliphatic rings. The first-order valence-corrected chi connectivity index (χ1v) is 5.47. The summed E-state index contributed by atoms with van der Waals surface area (Å²) in [5.74, 6) is -0.0656. The van der Waals surface area contributed by atoms with E-state index in [9.17, 15) is 9.90 Å². The second-order valence-electron chi connectivity index (χ2n) is 4.34. The third kappa shape index (κ3) is 2.02. The number of hydrogen-bond acceptors (Lipinski definition) is 3. The van der Waals surface area contributed by atoms with Gasteiger partial charge in [0.2, 0.25) is 0 Å². The fourth-order valence-corrected chi connectivity index (χ4v) is 1.94. The second kappa shape index (κ2) is 4.14. The summed E-state index contributed by atoms with van der Waals surface area (Å²) < 4.78 is 0. The van der Waals surface area contributed by atoms with Crippen molar-refractivity contribution in [2.24, 2.45) is 5.73 Å². The predicted octanol–water partition coefficient (Wildman–Crippen LogP) is 1.00. The van der Waals surface area contributed by atoms with Crippen LogP contribution >= 0.6 is 0 Å². The Morgan fingerprint density at radius 2 is 2.25 bits per heavy atom. The molecular formula is C12H16N2O2. The molecule has 4 heteroatoms. The van der Waals surface area contributed by atoms with Gasteiger partial charge in [-0.3, -0.25) is 4.79 Å². The summed E-state index contributed by atoms with van der Waals surface area (Å²) in [5, 5.41) is 12.2. The van der Waals surface area contributed by atoms with E-state index in [0.29, 0.717) is 12.1 Å². The lowest BCUT2D eigenvalue weighted by atomic mass is 9.76. The fourth-order valence-electron chi connectivity index (χ4n) is 1.94. The van der Waals surface area contributed by atoms with Crippen LogP contribution in [0.2, 0.25) is 0 Å². The predicted molar refractivity (Wildman–Crippen MR) is 61.2 cm³/mol. The van der Waals surface area contributed by atoms with Crippen LogP contribution < -0.4 is 11.1 Å². The Bertz CT molecular complexity index is 394. The van der Waals surface area contributed by atoms with Gasteiger partial charge in [-0.05, 0) is 37.5 Å². The van der Waals surface area contributed by atoms with E-state index < -0.39 is 0 Å². The van der Waals surface area contributed by atoms with E-state index in [0.717, 1.165) is 19.3 Å². The quantitative estimate of drug-likeness (QED) is 0.711. The largest absolute Gasteiger partial charge is 0.508 e. The summed E-state index contributed by atoms with van der Waals surface area (Å²) in [6, 6.07) is 6.33. The molecule has 0 heterocycles. The van der Waals surface area contributed by atoms with Gasteiger partial charge in [0.15, 0.2) is 0 Å². The van der Waals surface area contributed by atoms with Crippen molar-refractivity contribution in [2.75, 3.05) is 6.54 Å². The average Bonchev–Trinajstić information content (AvgIpc) is 2.23. The molecule has 0 unspecified atom stereocenters. The molecule has 1 saturated carbocycles. The third-order valence-electron chi connectivity index (χ3n) is 3.19. The minimum absolute atomic E-state index is 0.100. The molecule has 0 radical (unpaired) electrons. The minimum atomic E-state index is -0.220. The molecular weight excluding hydrogens is 204 g/mol. The Morgan fingerprint density at radius 1 is 1.50 bits per heavy atom. The van der Waals surface area contributed by atoms with Crippen LogP contribution in [0.5, 0.6) is 5.75 Å². The molecule has 0 aromatic heterocycles. The molecule has 1 aromatic rings. The number of nitrogens with two attached hydrogens (primary N) is 1. The monoisotopic (exact) mass is 220 g/mol. The zero-order valence-corrected chi connectivity index (χ0v) is 9.07. The molecule has 0 spiro atoms. The summed E-state index contributed by atoms with van der Waals surface area (Å²) in [5.41, 5.74) is 5.91. The average molecular weight is 220 g/mol. The zero-order valence-electron chi connectivity index (χ0n) is 9.07. The number of rotatable bonds is 3. The van der Waals surface area contributed by atoms with Gasteiger partial charge in [0.1, 0.15) is 5.75 Å². The molecule has 2 rings (SSSR count). The number of benzene rings is 1. The Morgan fingerprint density at radius 3 is 2.75 bits per heavy atom. The van der Waals surface area contributed by atoms with Crippen LogP contribution in [-0.2, 0) is 0 Å². The summed E-state index contributed by atoms with van der Waals surface area (Å²) in [6.45, 7) is 0.470.